The summed E-state index contributed by atoms with van der Waals surface area (Å²) in [4.78, 5) is 7.00. The van der Waals surface area contributed by atoms with Crippen molar-refractivity contribution in [2.45, 2.75) is 26.3 Å². The molecule has 184 valence electrons. The van der Waals surface area contributed by atoms with Crippen molar-refractivity contribution in [2.75, 3.05) is 38.7 Å². The molecule has 9 heteroatoms. The predicted octanol–water partition coefficient (Wildman–Crippen LogP) is 3.55. The molecule has 0 bridgehead atoms. The zero-order valence-corrected chi connectivity index (χ0v) is 22.8. The third-order valence-corrected chi connectivity index (χ3v) is 5.60. The summed E-state index contributed by atoms with van der Waals surface area (Å²) in [6.45, 7) is 4.91. The molecule has 0 saturated heterocycles. The van der Waals surface area contributed by atoms with Gasteiger partial charge in [-0.3, -0.25) is 0 Å². The summed E-state index contributed by atoms with van der Waals surface area (Å²) >= 11 is 0. The van der Waals surface area contributed by atoms with E-state index in [0.717, 1.165) is 55.8 Å². The van der Waals surface area contributed by atoms with E-state index in [9.17, 15) is 0 Å². The molecule has 3 rings (SSSR count). The van der Waals surface area contributed by atoms with Crippen LogP contribution < -0.4 is 20.3 Å². The molecule has 2 N–H and O–H groups in total. The maximum Gasteiger partial charge on any atom is 0.191 e. The number of aromatic nitrogens is 3. The van der Waals surface area contributed by atoms with Crippen molar-refractivity contribution in [3.8, 4) is 5.75 Å². The second-order valence-electron chi connectivity index (χ2n) is 7.91. The summed E-state index contributed by atoms with van der Waals surface area (Å²) in [7, 11) is 5.78. The fraction of sp³-hybridized carbons (Fsp3) is 0.400. The van der Waals surface area contributed by atoms with E-state index in [4.69, 9.17) is 9.73 Å². The fourth-order valence-electron chi connectivity index (χ4n) is 3.47. The average Bonchev–Trinajstić information content (AvgIpc) is 3.17. The first-order valence-electron chi connectivity index (χ1n) is 11.3. The topological polar surface area (TPSA) is 79.6 Å². The van der Waals surface area contributed by atoms with Crippen molar-refractivity contribution in [1.82, 2.24) is 25.4 Å². The molecule has 0 fully saturated rings. The number of para-hydroxylation sites is 2. The first-order chi connectivity index (χ1) is 16.1. The molecule has 8 nitrogen and oxygen atoms in total. The summed E-state index contributed by atoms with van der Waals surface area (Å²) in [5.41, 5.74) is 2.39. The van der Waals surface area contributed by atoms with Gasteiger partial charge in [0.05, 0.1) is 7.11 Å². The van der Waals surface area contributed by atoms with Crippen molar-refractivity contribution in [1.29, 1.82) is 0 Å². The van der Waals surface area contributed by atoms with E-state index in [2.05, 4.69) is 63.1 Å². The number of halogens is 1. The standard InChI is InChI=1S/C25H35N7O.HI/c1-20-29-30-24(32(20)3)19-28-25(27-17-15-21-11-8-9-14-23(21)33-4)26-16-10-18-31(2)22-12-6-5-7-13-22;/h5-9,11-14H,10,15-19H2,1-4H3,(H2,26,27,28);1H. The van der Waals surface area contributed by atoms with Crippen molar-refractivity contribution < 1.29 is 4.74 Å². The number of hydrogen-bond donors (Lipinski definition) is 2. The highest BCUT2D eigenvalue weighted by molar-refractivity contribution is 14.0. The van der Waals surface area contributed by atoms with E-state index in [1.807, 2.05) is 42.8 Å². The zero-order chi connectivity index (χ0) is 23.5. The normalized spacial score (nSPS) is 11.0. The van der Waals surface area contributed by atoms with Crippen molar-refractivity contribution in [3.05, 3.63) is 71.8 Å². The van der Waals surface area contributed by atoms with Crippen LogP contribution in [0.3, 0.4) is 0 Å². The van der Waals surface area contributed by atoms with E-state index >= 15 is 0 Å². The molecule has 34 heavy (non-hydrogen) atoms. The minimum atomic E-state index is 0. The molecule has 0 aliphatic heterocycles. The largest absolute Gasteiger partial charge is 0.496 e. The molecule has 0 unspecified atom stereocenters. The lowest BCUT2D eigenvalue weighted by molar-refractivity contribution is 0.409. The average molecular weight is 578 g/mol. The van der Waals surface area contributed by atoms with Crippen LogP contribution in [0, 0.1) is 6.92 Å². The summed E-state index contributed by atoms with van der Waals surface area (Å²) in [6.07, 6.45) is 1.83. The van der Waals surface area contributed by atoms with Crippen LogP contribution in [0.25, 0.3) is 0 Å². The number of nitrogens with zero attached hydrogens (tertiary/aromatic N) is 5. The lowest BCUT2D eigenvalue weighted by atomic mass is 10.1. The number of anilines is 1. The van der Waals surface area contributed by atoms with E-state index in [0.29, 0.717) is 6.54 Å². The second-order valence-corrected chi connectivity index (χ2v) is 7.91. The highest BCUT2D eigenvalue weighted by Gasteiger charge is 2.07. The minimum Gasteiger partial charge on any atom is -0.496 e. The smallest absolute Gasteiger partial charge is 0.191 e. The SMILES string of the molecule is COc1ccccc1CCNC(=NCc1nnc(C)n1C)NCCCN(C)c1ccccc1.I. The Morgan fingerprint density at radius 2 is 1.74 bits per heavy atom. The summed E-state index contributed by atoms with van der Waals surface area (Å²) in [5.74, 6) is 3.39. The number of guanidine groups is 1. The number of hydrogen-bond acceptors (Lipinski definition) is 5. The van der Waals surface area contributed by atoms with E-state index in [1.54, 1.807) is 7.11 Å². The lowest BCUT2D eigenvalue weighted by Gasteiger charge is -2.20. The molecule has 1 aromatic heterocycles. The van der Waals surface area contributed by atoms with Gasteiger partial charge in [0.25, 0.3) is 0 Å². The number of benzene rings is 2. The summed E-state index contributed by atoms with van der Waals surface area (Å²) in [6, 6.07) is 18.5. The van der Waals surface area contributed by atoms with E-state index in [1.165, 1.54) is 11.3 Å². The molecule has 0 saturated carbocycles. The van der Waals surface area contributed by atoms with Crippen molar-refractivity contribution >= 4 is 35.6 Å². The van der Waals surface area contributed by atoms with Gasteiger partial charge in [-0.15, -0.1) is 34.2 Å². The van der Waals surface area contributed by atoms with Gasteiger partial charge in [0, 0.05) is 39.4 Å². The van der Waals surface area contributed by atoms with E-state index < -0.39 is 0 Å². The number of aliphatic imine (C=N–C) groups is 1. The van der Waals surface area contributed by atoms with Gasteiger partial charge in [-0.25, -0.2) is 4.99 Å². The number of nitrogens with one attached hydrogen (secondary N) is 2. The molecule has 0 aliphatic carbocycles. The van der Waals surface area contributed by atoms with Gasteiger partial charge in [-0.1, -0.05) is 36.4 Å². The van der Waals surface area contributed by atoms with Gasteiger partial charge in [-0.05, 0) is 43.5 Å². The van der Waals surface area contributed by atoms with Gasteiger partial charge >= 0.3 is 0 Å². The van der Waals surface area contributed by atoms with Crippen LogP contribution in [0.1, 0.15) is 23.6 Å². The Balaban J connectivity index is 0.00000408. The Labute approximate surface area is 219 Å². The molecular weight excluding hydrogens is 541 g/mol. The highest BCUT2D eigenvalue weighted by Crippen LogP contribution is 2.17. The molecule has 3 aromatic rings. The van der Waals surface area contributed by atoms with Gasteiger partial charge in [-0.2, -0.15) is 0 Å². The Morgan fingerprint density at radius 3 is 2.44 bits per heavy atom. The Kier molecular flexibility index (Phi) is 11.7. The van der Waals surface area contributed by atoms with Gasteiger partial charge < -0.3 is 24.8 Å². The molecule has 0 amide bonds. The number of aryl methyl sites for hydroxylation is 1. The number of ether oxygens (including phenoxy) is 1. The maximum atomic E-state index is 5.47. The predicted molar refractivity (Wildman–Crippen MR) is 149 cm³/mol. The molecular formula is C25H36IN7O. The van der Waals surface area contributed by atoms with Crippen LogP contribution in [-0.2, 0) is 20.0 Å². The first kappa shape index (κ1) is 27.4. The second kappa shape index (κ2) is 14.4. The first-order valence-corrected chi connectivity index (χ1v) is 11.3. The van der Waals surface area contributed by atoms with Crippen LogP contribution in [0.4, 0.5) is 5.69 Å². The Hall–Kier alpha value is -2.82. The summed E-state index contributed by atoms with van der Waals surface area (Å²) < 4.78 is 7.43. The molecule has 2 aromatic carbocycles. The van der Waals surface area contributed by atoms with Gasteiger partial charge in [0.2, 0.25) is 0 Å². The third kappa shape index (κ3) is 8.19. The zero-order valence-electron chi connectivity index (χ0n) is 20.5. The highest BCUT2D eigenvalue weighted by atomic mass is 127. The van der Waals surface area contributed by atoms with Crippen molar-refractivity contribution in [2.24, 2.45) is 12.0 Å². The van der Waals surface area contributed by atoms with Crippen LogP contribution in [0.5, 0.6) is 5.75 Å². The Morgan fingerprint density at radius 1 is 1.03 bits per heavy atom. The molecule has 1 heterocycles. The van der Waals surface area contributed by atoms with Crippen LogP contribution in [-0.4, -0.2) is 54.5 Å². The maximum absolute atomic E-state index is 5.47. The number of methoxy groups -OCH3 is 1. The molecule has 0 spiro atoms. The van der Waals surface area contributed by atoms with Crippen molar-refractivity contribution in [3.63, 3.8) is 0 Å². The lowest BCUT2D eigenvalue weighted by Crippen LogP contribution is -2.39. The number of rotatable bonds is 11. The third-order valence-electron chi connectivity index (χ3n) is 5.60. The minimum absolute atomic E-state index is 0. The molecule has 0 atom stereocenters. The monoisotopic (exact) mass is 577 g/mol. The van der Waals surface area contributed by atoms with Crippen LogP contribution >= 0.6 is 24.0 Å². The molecule has 0 aliphatic rings. The molecule has 0 radical (unpaired) electrons. The quantitative estimate of drug-likeness (QED) is 0.157. The van der Waals surface area contributed by atoms with Gasteiger partial charge in [0.15, 0.2) is 11.8 Å². The fourth-order valence-corrected chi connectivity index (χ4v) is 3.47. The van der Waals surface area contributed by atoms with Gasteiger partial charge in [0.1, 0.15) is 18.1 Å². The Bertz CT molecular complexity index is 1020. The van der Waals surface area contributed by atoms with E-state index in [-0.39, 0.29) is 24.0 Å². The summed E-state index contributed by atoms with van der Waals surface area (Å²) in [5, 5.41) is 15.2. The van der Waals surface area contributed by atoms with Crippen LogP contribution in [0.15, 0.2) is 59.6 Å². The van der Waals surface area contributed by atoms with Crippen LogP contribution in [0.2, 0.25) is 0 Å².